The van der Waals surface area contributed by atoms with Gasteiger partial charge in [-0.1, -0.05) is 72.4 Å². The van der Waals surface area contributed by atoms with Gasteiger partial charge in [-0.05, 0) is 24.2 Å². The Kier molecular flexibility index (Phi) is 4.05. The Morgan fingerprint density at radius 1 is 1.10 bits per heavy atom. The van der Waals surface area contributed by atoms with Gasteiger partial charge in [-0.15, -0.1) is 0 Å². The number of benzene rings is 2. The molecule has 0 spiro atoms. The van der Waals surface area contributed by atoms with Gasteiger partial charge in [0.1, 0.15) is 15.8 Å². The zero-order valence-electron chi connectivity index (χ0n) is 11.6. The molecule has 21 heavy (non-hydrogen) atoms. The minimum absolute atomic E-state index is 0.0925. The summed E-state index contributed by atoms with van der Waals surface area (Å²) in [6.45, 7) is 2.17. The van der Waals surface area contributed by atoms with Crippen LogP contribution in [-0.4, -0.2) is 10.4 Å². The van der Waals surface area contributed by atoms with Gasteiger partial charge in [-0.25, -0.2) is 0 Å². The average molecular weight is 310 g/mol. The Hall–Kier alpha value is -1.70. The predicted molar refractivity (Wildman–Crippen MR) is 91.4 cm³/mol. The minimum atomic E-state index is -0.215. The van der Waals surface area contributed by atoms with Gasteiger partial charge in [-0.2, -0.15) is 5.26 Å². The van der Waals surface area contributed by atoms with Crippen molar-refractivity contribution in [1.29, 1.82) is 5.26 Å². The predicted octanol–water partition coefficient (Wildman–Crippen LogP) is 4.64. The summed E-state index contributed by atoms with van der Waals surface area (Å²) in [7, 11) is 0. The van der Waals surface area contributed by atoms with Gasteiger partial charge < -0.3 is 0 Å². The normalized spacial score (nSPS) is 24.4. The van der Waals surface area contributed by atoms with E-state index in [9.17, 15) is 0 Å². The van der Waals surface area contributed by atoms with Crippen molar-refractivity contribution in [3.8, 4) is 5.40 Å². The molecule has 4 heteroatoms. The molecule has 104 valence electrons. The molecule has 0 bridgehead atoms. The lowest BCUT2D eigenvalue weighted by Gasteiger charge is -2.27. The Labute approximate surface area is 133 Å². The SMILES string of the molecule is CC1(c2ccccc2)SC(c2ccccc2)=NC1SC#N. The highest BCUT2D eigenvalue weighted by molar-refractivity contribution is 8.17. The van der Waals surface area contributed by atoms with E-state index in [4.69, 9.17) is 10.3 Å². The fourth-order valence-corrected chi connectivity index (χ4v) is 4.58. The number of hydrogen-bond acceptors (Lipinski definition) is 4. The molecule has 0 saturated carbocycles. The third-order valence-electron chi connectivity index (χ3n) is 3.55. The summed E-state index contributed by atoms with van der Waals surface area (Å²) in [5.74, 6) is 0. The summed E-state index contributed by atoms with van der Waals surface area (Å²) < 4.78 is -0.215. The quantitative estimate of drug-likeness (QED) is 0.775. The fraction of sp³-hybridized carbons (Fsp3) is 0.176. The van der Waals surface area contributed by atoms with Crippen molar-refractivity contribution in [1.82, 2.24) is 0 Å². The molecule has 0 saturated heterocycles. The Morgan fingerprint density at radius 2 is 1.71 bits per heavy atom. The Bertz CT molecular complexity index is 692. The van der Waals surface area contributed by atoms with E-state index in [1.807, 2.05) is 36.4 Å². The summed E-state index contributed by atoms with van der Waals surface area (Å²) in [5.41, 5.74) is 2.32. The van der Waals surface area contributed by atoms with E-state index in [1.54, 1.807) is 11.8 Å². The van der Waals surface area contributed by atoms with Crippen LogP contribution in [-0.2, 0) is 4.75 Å². The lowest BCUT2D eigenvalue weighted by molar-refractivity contribution is 0.681. The smallest absolute Gasteiger partial charge is 0.135 e. The number of thioether (sulfide) groups is 2. The van der Waals surface area contributed by atoms with E-state index in [0.717, 1.165) is 10.6 Å². The molecular formula is C17H14N2S2. The van der Waals surface area contributed by atoms with Crippen LogP contribution in [0.3, 0.4) is 0 Å². The van der Waals surface area contributed by atoms with Crippen LogP contribution in [0.5, 0.6) is 0 Å². The number of nitrogens with zero attached hydrogens (tertiary/aromatic N) is 2. The van der Waals surface area contributed by atoms with Crippen molar-refractivity contribution in [3.63, 3.8) is 0 Å². The minimum Gasteiger partial charge on any atom is -0.261 e. The highest BCUT2D eigenvalue weighted by Crippen LogP contribution is 2.51. The van der Waals surface area contributed by atoms with Crippen molar-refractivity contribution in [3.05, 3.63) is 71.8 Å². The molecule has 0 amide bonds. The van der Waals surface area contributed by atoms with Gasteiger partial charge in [0, 0.05) is 5.56 Å². The molecule has 2 nitrogen and oxygen atoms in total. The molecule has 1 heterocycles. The molecule has 0 aromatic heterocycles. The average Bonchev–Trinajstić information content (AvgIpc) is 2.88. The van der Waals surface area contributed by atoms with E-state index in [-0.39, 0.29) is 10.1 Å². The van der Waals surface area contributed by atoms with Crippen molar-refractivity contribution in [2.45, 2.75) is 17.0 Å². The number of aliphatic imine (C=N–C) groups is 1. The zero-order valence-corrected chi connectivity index (χ0v) is 13.2. The van der Waals surface area contributed by atoms with E-state index >= 15 is 0 Å². The molecule has 3 rings (SSSR count). The molecule has 2 unspecified atom stereocenters. The van der Waals surface area contributed by atoms with Gasteiger partial charge in [0.25, 0.3) is 0 Å². The second-order valence-electron chi connectivity index (χ2n) is 4.94. The lowest BCUT2D eigenvalue weighted by atomic mass is 10.0. The number of thiocyanates is 1. The third-order valence-corrected chi connectivity index (χ3v) is 6.02. The molecule has 1 aliphatic rings. The maximum absolute atomic E-state index is 9.10. The fourth-order valence-electron chi connectivity index (χ4n) is 2.38. The van der Waals surface area contributed by atoms with Gasteiger partial charge in [0.15, 0.2) is 0 Å². The van der Waals surface area contributed by atoms with E-state index < -0.39 is 0 Å². The maximum atomic E-state index is 9.10. The van der Waals surface area contributed by atoms with Crippen LogP contribution in [0.2, 0.25) is 0 Å². The topological polar surface area (TPSA) is 36.1 Å². The molecule has 1 aliphatic heterocycles. The molecule has 0 fully saturated rings. The third kappa shape index (κ3) is 2.72. The first-order chi connectivity index (χ1) is 10.2. The van der Waals surface area contributed by atoms with Crippen LogP contribution < -0.4 is 0 Å². The monoisotopic (exact) mass is 310 g/mol. The maximum Gasteiger partial charge on any atom is 0.135 e. The van der Waals surface area contributed by atoms with Crippen LogP contribution in [0.1, 0.15) is 18.1 Å². The lowest BCUT2D eigenvalue weighted by Crippen LogP contribution is -2.26. The van der Waals surface area contributed by atoms with Crippen LogP contribution in [0.4, 0.5) is 0 Å². The summed E-state index contributed by atoms with van der Waals surface area (Å²) in [6.07, 6.45) is 0. The van der Waals surface area contributed by atoms with E-state index in [2.05, 4.69) is 36.6 Å². The molecule has 0 aliphatic carbocycles. The first kappa shape index (κ1) is 14.2. The van der Waals surface area contributed by atoms with Gasteiger partial charge in [-0.3, -0.25) is 4.99 Å². The number of hydrogen-bond donors (Lipinski definition) is 0. The Balaban J connectivity index is 1.99. The van der Waals surface area contributed by atoms with Gasteiger partial charge >= 0.3 is 0 Å². The van der Waals surface area contributed by atoms with Crippen molar-refractivity contribution in [2.75, 3.05) is 0 Å². The summed E-state index contributed by atoms with van der Waals surface area (Å²) >= 11 is 2.98. The second kappa shape index (κ2) is 5.97. The van der Waals surface area contributed by atoms with Crippen LogP contribution in [0.25, 0.3) is 0 Å². The number of rotatable bonds is 3. The zero-order chi connectivity index (χ0) is 14.7. The van der Waals surface area contributed by atoms with Crippen molar-refractivity contribution >= 4 is 28.6 Å². The van der Waals surface area contributed by atoms with Gasteiger partial charge in [0.05, 0.1) is 4.75 Å². The van der Waals surface area contributed by atoms with Crippen molar-refractivity contribution < 1.29 is 0 Å². The largest absolute Gasteiger partial charge is 0.261 e. The molecular weight excluding hydrogens is 296 g/mol. The van der Waals surface area contributed by atoms with Gasteiger partial charge in [0.2, 0.25) is 0 Å². The number of nitriles is 1. The highest BCUT2D eigenvalue weighted by atomic mass is 32.2. The second-order valence-corrected chi connectivity index (χ2v) is 7.24. The molecule has 2 aromatic rings. The first-order valence-electron chi connectivity index (χ1n) is 6.66. The summed E-state index contributed by atoms with van der Waals surface area (Å²) in [4.78, 5) is 4.80. The van der Waals surface area contributed by atoms with Crippen LogP contribution >= 0.6 is 23.5 Å². The summed E-state index contributed by atoms with van der Waals surface area (Å²) in [5, 5.41) is 12.2. The highest BCUT2D eigenvalue weighted by Gasteiger charge is 2.43. The first-order valence-corrected chi connectivity index (χ1v) is 8.36. The molecule has 2 atom stereocenters. The van der Waals surface area contributed by atoms with Crippen LogP contribution in [0, 0.1) is 10.7 Å². The molecule has 0 N–H and O–H groups in total. The van der Waals surface area contributed by atoms with Crippen molar-refractivity contribution in [2.24, 2.45) is 4.99 Å². The van der Waals surface area contributed by atoms with Crippen LogP contribution in [0.15, 0.2) is 65.7 Å². The molecule has 0 radical (unpaired) electrons. The standard InChI is InChI=1S/C17H14N2S2/c1-17(14-10-6-3-7-11-14)16(20-12-18)19-15(21-17)13-8-4-2-5-9-13/h2-11,16H,1H3. The summed E-state index contributed by atoms with van der Waals surface area (Å²) in [6, 6.07) is 20.5. The Morgan fingerprint density at radius 3 is 2.33 bits per heavy atom. The molecule has 2 aromatic carbocycles. The van der Waals surface area contributed by atoms with E-state index in [0.29, 0.717) is 0 Å². The van der Waals surface area contributed by atoms with E-state index in [1.165, 1.54) is 17.3 Å².